The molecule has 5 aliphatic rings. The number of fused-ring (bicyclic) bond motifs is 2. The molecule has 5 aliphatic heterocycles. The van der Waals surface area contributed by atoms with Gasteiger partial charge < -0.3 is 9.80 Å². The van der Waals surface area contributed by atoms with Gasteiger partial charge in [0.1, 0.15) is 5.82 Å². The Morgan fingerprint density at radius 2 is 1.82 bits per heavy atom. The zero-order valence-corrected chi connectivity index (χ0v) is 23.9. The van der Waals surface area contributed by atoms with Crippen molar-refractivity contribution >= 4 is 48.0 Å². The Balaban J connectivity index is 1.01. The van der Waals surface area contributed by atoms with Crippen LogP contribution in [-0.4, -0.2) is 82.6 Å². The number of nitrogens with zero attached hydrogens (tertiary/aromatic N) is 6. The number of thiol groups is 1. The maximum Gasteiger partial charge on any atom is 0.243 e. The van der Waals surface area contributed by atoms with Crippen LogP contribution in [0, 0.1) is 0 Å². The van der Waals surface area contributed by atoms with Crippen molar-refractivity contribution in [2.24, 2.45) is 0 Å². The molecule has 1 N–H and O–H groups in total. The van der Waals surface area contributed by atoms with Gasteiger partial charge in [-0.2, -0.15) is 17.6 Å². The summed E-state index contributed by atoms with van der Waals surface area (Å²) in [5, 5.41) is 2.35. The number of rotatable bonds is 5. The summed E-state index contributed by atoms with van der Waals surface area (Å²) in [5.74, 6) is 2.80. The van der Waals surface area contributed by atoms with Gasteiger partial charge in [0.25, 0.3) is 0 Å². The number of nitrogens with one attached hydrogen (secondary N) is 1. The van der Waals surface area contributed by atoms with Crippen LogP contribution < -0.4 is 15.1 Å². The molecule has 2 atom stereocenters. The van der Waals surface area contributed by atoms with E-state index in [4.69, 9.17) is 22.6 Å². The van der Waals surface area contributed by atoms with Crippen LogP contribution in [0.5, 0.6) is 0 Å². The molecule has 39 heavy (non-hydrogen) atoms. The van der Waals surface area contributed by atoms with Gasteiger partial charge in [-0.25, -0.2) is 4.98 Å². The fraction of sp³-hybridized carbons (Fsp3) is 0.571. The van der Waals surface area contributed by atoms with Crippen molar-refractivity contribution in [2.75, 3.05) is 54.8 Å². The minimum Gasteiger partial charge on any atom is -0.353 e. The highest BCUT2D eigenvalue weighted by Crippen LogP contribution is 2.41. The normalized spacial score (nSPS) is 25.8. The van der Waals surface area contributed by atoms with Crippen LogP contribution in [0.15, 0.2) is 23.1 Å². The number of imide groups is 1. The van der Waals surface area contributed by atoms with Crippen molar-refractivity contribution in [3.05, 3.63) is 40.6 Å². The van der Waals surface area contributed by atoms with Gasteiger partial charge in [0.05, 0.1) is 22.0 Å². The van der Waals surface area contributed by atoms with E-state index >= 15 is 0 Å². The molecule has 11 heteroatoms. The molecular formula is C28H35N7O2S2. The molecule has 2 aromatic rings. The first-order valence-corrected chi connectivity index (χ1v) is 15.7. The molecule has 1 aromatic carbocycles. The highest BCUT2D eigenvalue weighted by atomic mass is 32.2. The lowest BCUT2D eigenvalue weighted by molar-refractivity contribution is -0.137. The van der Waals surface area contributed by atoms with Crippen LogP contribution in [-0.2, 0) is 29.1 Å². The number of thioether (sulfide) groups is 1. The Morgan fingerprint density at radius 1 is 1.00 bits per heavy atom. The number of piperazine rings is 1. The Bertz CT molecular complexity index is 1290. The third-order valence-corrected chi connectivity index (χ3v) is 10.4. The number of hydrogen-bond acceptors (Lipinski definition) is 10. The molecule has 3 fully saturated rings. The van der Waals surface area contributed by atoms with Gasteiger partial charge >= 0.3 is 0 Å². The molecule has 0 radical (unpaired) electrons. The molecule has 2 amide bonds. The minimum atomic E-state index is -0.304. The van der Waals surface area contributed by atoms with Crippen molar-refractivity contribution in [1.82, 2.24) is 25.1 Å². The summed E-state index contributed by atoms with van der Waals surface area (Å²) in [6.07, 6.45) is 4.45. The molecule has 206 valence electrons. The molecule has 9 nitrogen and oxygen atoms in total. The fourth-order valence-corrected chi connectivity index (χ4v) is 8.16. The number of hydrogen-bond donors (Lipinski definition) is 2. The summed E-state index contributed by atoms with van der Waals surface area (Å²) in [6.45, 7) is 7.64. The quantitative estimate of drug-likeness (QED) is 0.420. The first-order chi connectivity index (χ1) is 19.0. The second-order valence-electron chi connectivity index (χ2n) is 11.2. The third-order valence-electron chi connectivity index (χ3n) is 8.72. The first kappa shape index (κ1) is 25.6. The highest BCUT2D eigenvalue weighted by Gasteiger charge is 2.39. The first-order valence-electron chi connectivity index (χ1n) is 14.2. The fourth-order valence-electron chi connectivity index (χ4n) is 6.56. The smallest absolute Gasteiger partial charge is 0.243 e. The minimum absolute atomic E-state index is 0.136. The van der Waals surface area contributed by atoms with E-state index in [1.165, 1.54) is 40.1 Å². The average molecular weight is 566 g/mol. The second-order valence-corrected chi connectivity index (χ2v) is 12.8. The number of benzene rings is 1. The van der Waals surface area contributed by atoms with E-state index in [9.17, 15) is 9.59 Å². The van der Waals surface area contributed by atoms with Crippen molar-refractivity contribution < 1.29 is 9.59 Å². The Morgan fingerprint density at radius 3 is 2.62 bits per heavy atom. The average Bonchev–Trinajstić information content (AvgIpc) is 3.70. The SMILES string of the molecule is O=C1CCC(N2Cc3ccc(CN4CCN(c5nc(N6CCCC6)nc6c5SCC6)CC4)cc3C2S)C(=O)N1. The molecule has 1 aromatic heterocycles. The Labute approximate surface area is 239 Å². The Hall–Kier alpha value is -2.34. The number of carbonyl (C=O) groups is 2. The van der Waals surface area contributed by atoms with Crippen molar-refractivity contribution in [3.63, 3.8) is 0 Å². The molecule has 0 saturated carbocycles. The summed E-state index contributed by atoms with van der Waals surface area (Å²) in [6, 6.07) is 6.37. The van der Waals surface area contributed by atoms with Gasteiger partial charge in [-0.15, -0.1) is 11.8 Å². The lowest BCUT2D eigenvalue weighted by Crippen LogP contribution is -2.51. The van der Waals surface area contributed by atoms with Crippen LogP contribution in [0.4, 0.5) is 11.8 Å². The number of aryl methyl sites for hydroxylation is 1. The van der Waals surface area contributed by atoms with E-state index in [0.29, 0.717) is 19.4 Å². The summed E-state index contributed by atoms with van der Waals surface area (Å²) in [5.41, 5.74) is 4.92. The standard InChI is InChI=1S/C28H35N7O2S2/c36-23-6-5-22(26(37)30-23)35-17-19-4-3-18(15-20(19)27(35)38)16-32-10-12-33(13-11-32)25-24-21(7-14-39-24)29-28(31-25)34-8-1-2-9-34/h3-4,15,22,27,38H,1-2,5-14,16-17H2,(H,30,36,37). The van der Waals surface area contributed by atoms with Gasteiger partial charge in [-0.3, -0.25) is 24.7 Å². The second kappa shape index (κ2) is 10.6. The van der Waals surface area contributed by atoms with E-state index in [0.717, 1.165) is 69.8 Å². The predicted octanol–water partition coefficient (Wildman–Crippen LogP) is 2.60. The van der Waals surface area contributed by atoms with Crippen LogP contribution in [0.2, 0.25) is 0 Å². The van der Waals surface area contributed by atoms with Crippen LogP contribution in [0.3, 0.4) is 0 Å². The number of anilines is 2. The van der Waals surface area contributed by atoms with E-state index in [2.05, 4.69) is 43.1 Å². The highest BCUT2D eigenvalue weighted by molar-refractivity contribution is 7.99. The Kier molecular flexibility index (Phi) is 6.94. The lowest BCUT2D eigenvalue weighted by atomic mass is 10.0. The lowest BCUT2D eigenvalue weighted by Gasteiger charge is -2.36. The van der Waals surface area contributed by atoms with Crippen LogP contribution in [0.25, 0.3) is 0 Å². The molecule has 2 unspecified atom stereocenters. The number of carbonyl (C=O) groups excluding carboxylic acids is 2. The molecule has 0 spiro atoms. The number of piperidine rings is 1. The van der Waals surface area contributed by atoms with E-state index in [1.807, 2.05) is 11.8 Å². The summed E-state index contributed by atoms with van der Waals surface area (Å²) in [7, 11) is 0. The predicted molar refractivity (Wildman–Crippen MR) is 155 cm³/mol. The summed E-state index contributed by atoms with van der Waals surface area (Å²) in [4.78, 5) is 44.9. The van der Waals surface area contributed by atoms with Crippen molar-refractivity contribution in [3.8, 4) is 0 Å². The summed E-state index contributed by atoms with van der Waals surface area (Å²) < 4.78 is 0. The molecule has 6 heterocycles. The van der Waals surface area contributed by atoms with Gasteiger partial charge in [0.2, 0.25) is 17.8 Å². The molecule has 0 bridgehead atoms. The van der Waals surface area contributed by atoms with Gasteiger partial charge in [-0.05, 0) is 36.0 Å². The van der Waals surface area contributed by atoms with Gasteiger partial charge in [0.15, 0.2) is 0 Å². The zero-order chi connectivity index (χ0) is 26.5. The van der Waals surface area contributed by atoms with Crippen molar-refractivity contribution in [1.29, 1.82) is 0 Å². The summed E-state index contributed by atoms with van der Waals surface area (Å²) >= 11 is 6.81. The van der Waals surface area contributed by atoms with Crippen LogP contribution in [0.1, 0.15) is 53.4 Å². The van der Waals surface area contributed by atoms with Gasteiger partial charge in [-0.1, -0.05) is 18.2 Å². The molecular weight excluding hydrogens is 530 g/mol. The molecule has 3 saturated heterocycles. The largest absolute Gasteiger partial charge is 0.353 e. The van der Waals surface area contributed by atoms with E-state index < -0.39 is 0 Å². The third kappa shape index (κ3) is 4.92. The zero-order valence-electron chi connectivity index (χ0n) is 22.1. The van der Waals surface area contributed by atoms with Crippen LogP contribution >= 0.6 is 24.4 Å². The van der Waals surface area contributed by atoms with Gasteiger partial charge in [0, 0.05) is 71.0 Å². The van der Waals surface area contributed by atoms with E-state index in [1.54, 1.807) is 0 Å². The maximum atomic E-state index is 12.5. The monoisotopic (exact) mass is 565 g/mol. The maximum absolute atomic E-state index is 12.5. The molecule has 0 aliphatic carbocycles. The molecule has 7 rings (SSSR count). The van der Waals surface area contributed by atoms with Crippen molar-refractivity contribution in [2.45, 2.75) is 61.5 Å². The van der Waals surface area contributed by atoms with E-state index in [-0.39, 0.29) is 23.2 Å². The number of aromatic nitrogens is 2. The topological polar surface area (TPSA) is 84.9 Å². The number of amides is 2.